The second kappa shape index (κ2) is 12.5. The molecule has 254 valence electrons. The molecule has 3 nitrogen and oxygen atoms in total. The number of fused-ring (bicyclic) bond motifs is 6. The zero-order valence-corrected chi connectivity index (χ0v) is 31.7. The first-order valence-electron chi connectivity index (χ1n) is 17.3. The third-order valence-corrected chi connectivity index (χ3v) is 14.0. The van der Waals surface area contributed by atoms with Gasteiger partial charge in [-0.2, -0.15) is 0 Å². The molecule has 0 bridgehead atoms. The van der Waals surface area contributed by atoms with Gasteiger partial charge in [0, 0.05) is 27.4 Å². The van der Waals surface area contributed by atoms with Crippen molar-refractivity contribution in [1.29, 1.82) is 0 Å². The molecular weight excluding hydrogens is 665 g/mol. The largest absolute Gasteiger partial charge is 0.495 e. The molecule has 0 fully saturated rings. The molecular formula is C46H41O3S2+. The third kappa shape index (κ3) is 5.41. The van der Waals surface area contributed by atoms with E-state index in [0.29, 0.717) is 0 Å². The summed E-state index contributed by atoms with van der Waals surface area (Å²) in [7, 11) is 3.05. The van der Waals surface area contributed by atoms with Gasteiger partial charge in [0.15, 0.2) is 21.3 Å². The monoisotopic (exact) mass is 705 g/mol. The number of rotatable bonds is 8. The number of carbonyl (C=O) groups is 1. The minimum Gasteiger partial charge on any atom is -0.495 e. The third-order valence-electron chi connectivity index (χ3n) is 10.7. The minimum atomic E-state index is -0.460. The molecule has 0 saturated carbocycles. The number of hydrogen-bond acceptors (Lipinski definition) is 4. The first kappa shape index (κ1) is 33.4. The van der Waals surface area contributed by atoms with Gasteiger partial charge in [-0.05, 0) is 112 Å². The highest BCUT2D eigenvalue weighted by Gasteiger charge is 2.40. The summed E-state index contributed by atoms with van der Waals surface area (Å²) >= 11 is 1.72. The van der Waals surface area contributed by atoms with Crippen LogP contribution in [0, 0.1) is 0 Å². The van der Waals surface area contributed by atoms with Gasteiger partial charge in [-0.25, -0.2) is 0 Å². The van der Waals surface area contributed by atoms with Gasteiger partial charge >= 0.3 is 0 Å². The summed E-state index contributed by atoms with van der Waals surface area (Å²) in [5.41, 5.74) is 10.7. The Morgan fingerprint density at radius 2 is 1.14 bits per heavy atom. The number of ether oxygens (including phenoxy) is 2. The molecule has 6 aromatic rings. The molecule has 0 N–H and O–H groups in total. The average molecular weight is 706 g/mol. The predicted molar refractivity (Wildman–Crippen MR) is 210 cm³/mol. The number of ketones is 1. The molecule has 5 heteroatoms. The van der Waals surface area contributed by atoms with Crippen molar-refractivity contribution in [2.45, 2.75) is 69.9 Å². The normalized spacial score (nSPS) is 15.0. The summed E-state index contributed by atoms with van der Waals surface area (Å²) in [6.45, 7) is 10.8. The molecule has 0 saturated heterocycles. The number of benzene rings is 6. The van der Waals surface area contributed by atoms with Crippen molar-refractivity contribution in [2.24, 2.45) is 0 Å². The number of para-hydroxylation sites is 1. The van der Waals surface area contributed by atoms with Crippen LogP contribution in [0.4, 0.5) is 0 Å². The Hall–Kier alpha value is -4.71. The van der Waals surface area contributed by atoms with E-state index in [1.54, 1.807) is 32.9 Å². The molecule has 0 aromatic heterocycles. The molecule has 2 aliphatic rings. The molecule has 0 heterocycles. The van der Waals surface area contributed by atoms with E-state index in [-0.39, 0.29) is 16.6 Å². The maximum absolute atomic E-state index is 12.2. The summed E-state index contributed by atoms with van der Waals surface area (Å²) in [5, 5.41) is 0. The molecule has 1 unspecified atom stereocenters. The lowest BCUT2D eigenvalue weighted by Crippen LogP contribution is -2.16. The van der Waals surface area contributed by atoms with Crippen molar-refractivity contribution in [3.05, 3.63) is 149 Å². The Morgan fingerprint density at radius 3 is 1.88 bits per heavy atom. The van der Waals surface area contributed by atoms with Crippen molar-refractivity contribution in [1.82, 2.24) is 0 Å². The van der Waals surface area contributed by atoms with Crippen LogP contribution in [0.2, 0.25) is 0 Å². The van der Waals surface area contributed by atoms with E-state index in [1.807, 2.05) is 12.1 Å². The Bertz CT molecular complexity index is 2370. The van der Waals surface area contributed by atoms with Crippen LogP contribution in [0.5, 0.6) is 11.5 Å². The van der Waals surface area contributed by atoms with Gasteiger partial charge in [0.25, 0.3) is 0 Å². The standard InChI is InChI=1S/C46H41O3S2/c1-28(47)29-16-20-34-35-21-17-30(25-39(35)46(4,5)38(34)24-29)50-43-23-19-32(27-42(43)49-7)51(44-15-11-10-14-41(44)48-6)31-18-22-36-33-12-8-9-13-37(33)45(2,3)40(36)26-31/h8-27H,1-7H3/q+1. The van der Waals surface area contributed by atoms with Crippen LogP contribution < -0.4 is 9.47 Å². The van der Waals surface area contributed by atoms with Crippen molar-refractivity contribution in [3.8, 4) is 33.8 Å². The number of hydrogen-bond donors (Lipinski definition) is 0. The van der Waals surface area contributed by atoms with Gasteiger partial charge in [-0.1, -0.05) is 94.1 Å². The summed E-state index contributed by atoms with van der Waals surface area (Å²) in [5.74, 6) is 1.81. The molecule has 0 radical (unpaired) electrons. The Labute approximate surface area is 308 Å². The second-order valence-electron chi connectivity index (χ2n) is 14.4. The number of carbonyl (C=O) groups excluding carboxylic acids is 1. The van der Waals surface area contributed by atoms with E-state index >= 15 is 0 Å². The lowest BCUT2D eigenvalue weighted by atomic mass is 9.82. The highest BCUT2D eigenvalue weighted by molar-refractivity contribution is 7.99. The van der Waals surface area contributed by atoms with Crippen LogP contribution in [0.1, 0.15) is 67.2 Å². The molecule has 0 amide bonds. The molecule has 51 heavy (non-hydrogen) atoms. The summed E-state index contributed by atoms with van der Waals surface area (Å²) in [6.07, 6.45) is 0. The van der Waals surface area contributed by atoms with Crippen molar-refractivity contribution in [2.75, 3.05) is 14.2 Å². The molecule has 2 aliphatic carbocycles. The highest BCUT2D eigenvalue weighted by atomic mass is 32.2. The van der Waals surface area contributed by atoms with E-state index in [1.165, 1.54) is 54.3 Å². The lowest BCUT2D eigenvalue weighted by Gasteiger charge is -2.22. The van der Waals surface area contributed by atoms with Gasteiger partial charge in [0.1, 0.15) is 16.6 Å². The van der Waals surface area contributed by atoms with Gasteiger partial charge < -0.3 is 9.47 Å². The highest BCUT2D eigenvalue weighted by Crippen LogP contribution is 2.52. The Balaban J connectivity index is 1.18. The lowest BCUT2D eigenvalue weighted by molar-refractivity contribution is 0.101. The van der Waals surface area contributed by atoms with Crippen LogP contribution in [-0.2, 0) is 21.7 Å². The molecule has 0 spiro atoms. The Kier molecular flexibility index (Phi) is 8.20. The summed E-state index contributed by atoms with van der Waals surface area (Å²) < 4.78 is 12.1. The molecule has 1 atom stereocenters. The SMILES string of the molecule is COc1cc([S+](c2ccc3c(c2)C(C)(C)c2ccccc2-3)c2ccccc2OC)ccc1Sc1ccc2c(c1)C(C)(C)c1cc(C(C)=O)ccc1-2. The van der Waals surface area contributed by atoms with Gasteiger partial charge in [-0.15, -0.1) is 0 Å². The summed E-state index contributed by atoms with van der Waals surface area (Å²) in [6, 6.07) is 43.7. The smallest absolute Gasteiger partial charge is 0.208 e. The van der Waals surface area contributed by atoms with E-state index in [9.17, 15) is 4.79 Å². The van der Waals surface area contributed by atoms with E-state index in [2.05, 4.69) is 137 Å². The van der Waals surface area contributed by atoms with Crippen LogP contribution in [0.15, 0.2) is 146 Å². The molecule has 6 aromatic carbocycles. The summed E-state index contributed by atoms with van der Waals surface area (Å²) in [4.78, 5) is 18.0. The zero-order chi connectivity index (χ0) is 35.7. The fourth-order valence-corrected chi connectivity index (χ4v) is 11.1. The van der Waals surface area contributed by atoms with E-state index in [4.69, 9.17) is 9.47 Å². The minimum absolute atomic E-state index is 0.0930. The average Bonchev–Trinajstić information content (AvgIpc) is 3.51. The van der Waals surface area contributed by atoms with E-state index in [0.717, 1.165) is 31.7 Å². The number of Topliss-reactive ketones (excluding diaryl/α,β-unsaturated/α-hetero) is 1. The zero-order valence-electron chi connectivity index (χ0n) is 30.1. The first-order valence-corrected chi connectivity index (χ1v) is 19.3. The van der Waals surface area contributed by atoms with Gasteiger partial charge in [0.2, 0.25) is 4.90 Å². The fraction of sp³-hybridized carbons (Fsp3) is 0.196. The quantitative estimate of drug-likeness (QED) is 0.117. The second-order valence-corrected chi connectivity index (χ2v) is 17.5. The predicted octanol–water partition coefficient (Wildman–Crippen LogP) is 11.8. The number of methoxy groups -OCH3 is 2. The van der Waals surface area contributed by atoms with Crippen LogP contribution in [0.3, 0.4) is 0 Å². The van der Waals surface area contributed by atoms with Crippen LogP contribution in [0.25, 0.3) is 22.3 Å². The van der Waals surface area contributed by atoms with Gasteiger partial charge in [-0.3, -0.25) is 4.79 Å². The van der Waals surface area contributed by atoms with Gasteiger partial charge in [0.05, 0.1) is 19.1 Å². The van der Waals surface area contributed by atoms with E-state index < -0.39 is 10.9 Å². The molecule has 0 aliphatic heterocycles. The van der Waals surface area contributed by atoms with Crippen LogP contribution in [-0.4, -0.2) is 20.0 Å². The van der Waals surface area contributed by atoms with Crippen molar-refractivity contribution < 1.29 is 14.3 Å². The Morgan fingerprint density at radius 1 is 0.569 bits per heavy atom. The first-order chi connectivity index (χ1) is 24.5. The van der Waals surface area contributed by atoms with Crippen LogP contribution >= 0.6 is 11.8 Å². The topological polar surface area (TPSA) is 35.5 Å². The van der Waals surface area contributed by atoms with Crippen molar-refractivity contribution >= 4 is 28.4 Å². The maximum Gasteiger partial charge on any atom is 0.208 e. The van der Waals surface area contributed by atoms with Crippen molar-refractivity contribution in [3.63, 3.8) is 0 Å². The fourth-order valence-electron chi connectivity index (χ4n) is 7.97. The maximum atomic E-state index is 12.2. The molecule has 8 rings (SSSR count).